The van der Waals surface area contributed by atoms with E-state index in [9.17, 15) is 45.0 Å². The summed E-state index contributed by atoms with van der Waals surface area (Å²) in [7, 11) is 9.98. The number of hydroxylamine groups is 1. The van der Waals surface area contributed by atoms with Crippen molar-refractivity contribution in [2.24, 2.45) is 0 Å². The summed E-state index contributed by atoms with van der Waals surface area (Å²) in [6.45, 7) is 21.6. The van der Waals surface area contributed by atoms with Gasteiger partial charge in [-0.3, -0.25) is 19.8 Å². The predicted octanol–water partition coefficient (Wildman–Crippen LogP) is 7.09. The Labute approximate surface area is 756 Å². The van der Waals surface area contributed by atoms with Crippen LogP contribution in [0.3, 0.4) is 0 Å². The zero-order valence-electron chi connectivity index (χ0n) is 73.0. The molecule has 0 aromatic heterocycles. The third-order valence-corrected chi connectivity index (χ3v) is 27.9. The average Bonchev–Trinajstić information content (AvgIpc) is 1.60. The number of hydrogen-bond acceptors (Lipinski definition) is 32. The summed E-state index contributed by atoms with van der Waals surface area (Å²) in [6.07, 6.45) is -14.1. The molecule has 3 aromatic rings. The summed E-state index contributed by atoms with van der Waals surface area (Å²) < 4.78 is 114. The maximum atomic E-state index is 14.4. The van der Waals surface area contributed by atoms with E-state index in [-0.39, 0.29) is 98.8 Å². The van der Waals surface area contributed by atoms with Crippen LogP contribution in [0.15, 0.2) is 83.6 Å². The van der Waals surface area contributed by atoms with Crippen LogP contribution in [0.25, 0.3) is 11.1 Å². The van der Waals surface area contributed by atoms with Crippen molar-refractivity contribution in [2.75, 3.05) is 153 Å². The predicted molar refractivity (Wildman–Crippen MR) is 476 cm³/mol. The number of nitrogens with one attached hydrogen (secondary N) is 3. The molecule has 4 aliphatic heterocycles. The van der Waals surface area contributed by atoms with Crippen molar-refractivity contribution in [3.8, 4) is 52.1 Å². The Morgan fingerprint density at radius 1 is 0.728 bits per heavy atom. The highest BCUT2D eigenvalue weighted by Gasteiger charge is 2.53. The molecule has 2 bridgehead atoms. The molecule has 0 unspecified atom stereocenters. The first-order valence-corrected chi connectivity index (χ1v) is 46.3. The number of benzene rings is 3. The molecular weight excluding hydrogens is 1800 g/mol. The van der Waals surface area contributed by atoms with Gasteiger partial charge in [-0.2, -0.15) is 16.8 Å². The lowest BCUT2D eigenvalue weighted by atomic mass is 9.75. The first-order valence-electron chi connectivity index (χ1n) is 42.0. The molecule has 4 saturated heterocycles. The van der Waals surface area contributed by atoms with Crippen LogP contribution in [0.5, 0.6) is 17.2 Å². The normalized spacial score (nSPS) is 28.5. The molecular formula is C88H123IN4O29S3. The van der Waals surface area contributed by atoms with Crippen molar-refractivity contribution in [3.05, 3.63) is 109 Å². The number of Topliss-reactive ketones (excluding diaryl/α,β-unsaturated/α-hetero) is 1. The molecule has 0 radical (unpaired) electrons. The van der Waals surface area contributed by atoms with Gasteiger partial charge in [-0.25, -0.2) is 9.59 Å². The molecule has 9 N–H and O–H groups in total. The molecule has 33 nitrogen and oxygen atoms in total. The number of amides is 2. The summed E-state index contributed by atoms with van der Waals surface area (Å²) in [5.41, 5.74) is 6.11. The van der Waals surface area contributed by atoms with Gasteiger partial charge in [0.1, 0.15) is 48.3 Å². The lowest BCUT2D eigenvalue weighted by Crippen LogP contribution is -2.65. The number of methoxy groups -OCH3 is 5. The number of likely N-dealkylation sites (N-methyl/N-ethyl adjacent to an activating group) is 1. The number of hydrogen-bond donors (Lipinski definition) is 10. The Hall–Kier alpha value is -5.66. The van der Waals surface area contributed by atoms with Crippen molar-refractivity contribution in [2.45, 2.75) is 207 Å². The first kappa shape index (κ1) is 101. The number of carbonyl (C=O) groups is 3. The van der Waals surface area contributed by atoms with Gasteiger partial charge in [0.25, 0.3) is 0 Å². The summed E-state index contributed by atoms with van der Waals surface area (Å²) in [6, 6.07) is 15.0. The lowest BCUT2D eigenvalue weighted by Gasteiger charge is -2.47. The second-order valence-corrected chi connectivity index (χ2v) is 36.9. The molecule has 19 atom stereocenters. The van der Waals surface area contributed by atoms with E-state index in [1.807, 2.05) is 53.8 Å². The molecule has 10 rings (SSSR count). The fraction of sp³-hybridized carbons (Fsp3) is 0.636. The number of halogens is 1. The smallest absolute Gasteiger partial charge is 0.411 e. The Balaban J connectivity index is 0.709. The fourth-order valence-electron chi connectivity index (χ4n) is 15.6. The van der Waals surface area contributed by atoms with Gasteiger partial charge in [-0.15, -0.1) is 0 Å². The van der Waals surface area contributed by atoms with Crippen LogP contribution in [0, 0.1) is 34.2 Å². The first-order chi connectivity index (χ1) is 60.2. The second kappa shape index (κ2) is 50.1. The minimum atomic E-state index is -2.10. The molecule has 0 spiro atoms. The van der Waals surface area contributed by atoms with Crippen LogP contribution >= 0.6 is 55.5 Å². The van der Waals surface area contributed by atoms with E-state index >= 15 is 0 Å². The van der Waals surface area contributed by atoms with Crippen molar-refractivity contribution in [1.29, 1.82) is 0 Å². The maximum absolute atomic E-state index is 14.4. The van der Waals surface area contributed by atoms with Crippen molar-refractivity contribution in [1.82, 2.24) is 21.0 Å². The zero-order valence-corrected chi connectivity index (χ0v) is 77.7. The number of rotatable bonds is 45. The van der Waals surface area contributed by atoms with Crippen LogP contribution in [-0.2, 0) is 85.4 Å². The van der Waals surface area contributed by atoms with Crippen LogP contribution in [0.4, 0.5) is 9.59 Å². The van der Waals surface area contributed by atoms with Crippen LogP contribution in [0.2, 0.25) is 0 Å². The van der Waals surface area contributed by atoms with Gasteiger partial charge in [-0.1, -0.05) is 128 Å². The van der Waals surface area contributed by atoms with E-state index in [4.69, 9.17) is 94.8 Å². The number of allylic oxidation sites excluding steroid dienone is 3. The molecule has 7 aliphatic rings. The number of alkyl carbamates (subject to hydrolysis) is 2. The molecule has 4 fully saturated rings. The fourth-order valence-corrected chi connectivity index (χ4v) is 19.6. The van der Waals surface area contributed by atoms with Gasteiger partial charge in [0.05, 0.1) is 170 Å². The topological polar surface area (TPSA) is 397 Å². The summed E-state index contributed by atoms with van der Waals surface area (Å²) in [5.74, 6) is 11.6. The van der Waals surface area contributed by atoms with E-state index in [0.29, 0.717) is 120 Å². The maximum Gasteiger partial charge on any atom is 0.411 e. The molecule has 125 heavy (non-hydrogen) atoms. The Morgan fingerprint density at radius 3 is 1.96 bits per heavy atom. The molecule has 3 aromatic carbocycles. The Morgan fingerprint density at radius 2 is 1.35 bits per heavy atom. The summed E-state index contributed by atoms with van der Waals surface area (Å²) in [4.78, 5) is 48.6. The standard InChI is InChI=1S/C88H123IN4O29S3/c1-14-93(32-23-33-108-35-37-110-39-41-112-43-44-113-42-40-111-38-36-109-34-31-90-85(100)115-49-59-57-26-20-18-24-55(57)56-25-19-21-27-58(56)59)61-50-114-66(47-65(61)103-9)120-79-74(97)71(52(3)117-84(79)119-64-28-17-15-16-22-30-88(102)48-63(95)72(91-86(101)107-13)69(64)60(88)29-45-123-125-87(6,7)8)92-122-67-46-62(94)81(54(5)116-67)124-82(99)68-51(2)70(89)77(80(106-12)76(68)104-10)121-83-75(98)78(105-11)73(96)53(4)118-83/h15-16,18-21,24-27,29,52-54,59,61-62,64-67,71,73-75,78-79,81,83-84,92,94,96-99,102,124H,14,23,31-50H2,1-13H3,(H,90,100)(H,91,101)/b16-15?,60-29+/t52-,53+,54-,61+,62+,64+,65+,66+,67+,71-,73+,74+,75-,78-,79-,81-,83+,84+,88+/m1/s1. The van der Waals surface area contributed by atoms with Gasteiger partial charge in [0, 0.05) is 74.3 Å². The molecule has 2 amide bonds. The second-order valence-electron chi connectivity index (χ2n) is 31.4. The van der Waals surface area contributed by atoms with Crippen molar-refractivity contribution in [3.63, 3.8) is 0 Å². The van der Waals surface area contributed by atoms with Gasteiger partial charge in [0.2, 0.25) is 12.0 Å². The highest BCUT2D eigenvalue weighted by molar-refractivity contribution is 14.1. The Kier molecular flexibility index (Phi) is 40.7. The van der Waals surface area contributed by atoms with Crippen LogP contribution in [0.1, 0.15) is 102 Å². The number of aliphatic hydroxyl groups excluding tert-OH is 5. The number of nitrogens with zero attached hydrogens (tertiary/aromatic N) is 1. The largest absolute Gasteiger partial charge is 0.492 e. The van der Waals surface area contributed by atoms with Crippen molar-refractivity contribution < 1.29 is 140 Å². The third kappa shape index (κ3) is 27.5. The van der Waals surface area contributed by atoms with Gasteiger partial charge < -0.3 is 126 Å². The van der Waals surface area contributed by atoms with E-state index in [0.717, 1.165) is 18.2 Å². The Bertz CT molecular complexity index is 4210. The van der Waals surface area contributed by atoms with Crippen LogP contribution < -0.4 is 30.3 Å². The third-order valence-electron chi connectivity index (χ3n) is 21.9. The van der Waals surface area contributed by atoms with Crippen molar-refractivity contribution >= 4 is 78.5 Å². The van der Waals surface area contributed by atoms with Gasteiger partial charge in [-0.05, 0) is 103 Å². The molecule has 37 heteroatoms. The van der Waals surface area contributed by atoms with Gasteiger partial charge >= 0.3 is 12.2 Å². The number of carbonyl (C=O) groups excluding carboxylic acids is 3. The highest BCUT2D eigenvalue weighted by Crippen LogP contribution is 2.49. The van der Waals surface area contributed by atoms with E-state index in [1.165, 1.54) is 55.4 Å². The molecule has 694 valence electrons. The number of fused-ring (bicyclic) bond motifs is 5. The average molecular weight is 1920 g/mol. The van der Waals surface area contributed by atoms with E-state index in [1.54, 1.807) is 51.7 Å². The minimum absolute atomic E-state index is 0.00772. The van der Waals surface area contributed by atoms with Gasteiger partial charge in [0.15, 0.2) is 41.8 Å². The number of ether oxygens (including phenoxy) is 19. The van der Waals surface area contributed by atoms with Crippen LogP contribution in [-0.4, -0.2) is 332 Å². The molecule has 4 heterocycles. The quantitative estimate of drug-likeness (QED) is 0.00513. The number of thiol groups is 1. The molecule has 3 aliphatic carbocycles. The SMILES string of the molecule is CCN(CCCOCCOCCOCCOCCOCCOCCNC(=O)OCC1c2ccccc2-c2ccccc21)[C@H]1CO[C@@H](O[C@H]2[C@H](O[C@H]3C#CC=CC#C[C@]4(O)CC(=O)C(NC(=O)OC)=C3/C4=C\CSSC(C)(C)C)O[C@H](C)[C@@H](NO[C@H]3C[C@H](O)[C@H]([SH]=C(O)c4c(C)c(I)c(O[C@@H]5O[C@@H](C)[C@H](O)[C@@H](OC)[C@H]5O)c(OC)c4OC)[C@@H](C)O3)[C@@H]2O)C[C@@H]1OC. The lowest BCUT2D eigenvalue weighted by molar-refractivity contribution is -0.337. The zero-order chi connectivity index (χ0) is 89.9. The van der Waals surface area contributed by atoms with E-state index in [2.05, 4.69) is 89.7 Å². The summed E-state index contributed by atoms with van der Waals surface area (Å²) >= 11 is 2.27. The number of aliphatic hydroxyl groups is 6. The monoisotopic (exact) mass is 1920 g/mol. The minimum Gasteiger partial charge on any atom is -0.492 e. The molecule has 0 saturated carbocycles. The summed E-state index contributed by atoms with van der Waals surface area (Å²) in [5, 5.41) is 75.8. The van der Waals surface area contributed by atoms with E-state index < -0.39 is 134 Å². The number of ketones is 1. The highest BCUT2D eigenvalue weighted by atomic mass is 127.